The van der Waals surface area contributed by atoms with Crippen LogP contribution in [0, 0.1) is 6.92 Å². The molecular weight excluding hydrogens is 228 g/mol. The summed E-state index contributed by atoms with van der Waals surface area (Å²) in [6.07, 6.45) is 3.08. The highest BCUT2D eigenvalue weighted by molar-refractivity contribution is 6.07. The first kappa shape index (κ1) is 12.2. The van der Waals surface area contributed by atoms with Crippen molar-refractivity contribution in [3.63, 3.8) is 0 Å². The van der Waals surface area contributed by atoms with Gasteiger partial charge in [0.25, 0.3) is 0 Å². The van der Waals surface area contributed by atoms with E-state index in [0.717, 1.165) is 11.4 Å². The molecule has 0 unspecified atom stereocenters. The Morgan fingerprint density at radius 1 is 1.17 bits per heavy atom. The molecule has 1 aromatic carbocycles. The van der Waals surface area contributed by atoms with Gasteiger partial charge in [-0.2, -0.15) is 0 Å². The summed E-state index contributed by atoms with van der Waals surface area (Å²) in [7, 11) is 0. The third-order valence-corrected chi connectivity index (χ3v) is 2.44. The Hall–Kier alpha value is -2.23. The number of carbonyl (C=O) groups is 1. The van der Waals surface area contributed by atoms with E-state index in [1.165, 1.54) is 6.20 Å². The van der Waals surface area contributed by atoms with Crippen molar-refractivity contribution in [2.75, 3.05) is 6.61 Å². The molecule has 0 spiro atoms. The Bertz CT molecular complexity index is 533. The number of benzene rings is 1. The van der Waals surface area contributed by atoms with E-state index in [2.05, 4.69) is 9.97 Å². The number of hydrogen-bond acceptors (Lipinski definition) is 4. The topological polar surface area (TPSA) is 52.1 Å². The van der Waals surface area contributed by atoms with Gasteiger partial charge in [0.05, 0.1) is 18.5 Å². The van der Waals surface area contributed by atoms with Gasteiger partial charge in [0.1, 0.15) is 11.4 Å². The molecular formula is C14H14N2O2. The van der Waals surface area contributed by atoms with Crippen LogP contribution in [-0.2, 0) is 0 Å². The Labute approximate surface area is 106 Å². The first-order valence-corrected chi connectivity index (χ1v) is 5.77. The Kier molecular flexibility index (Phi) is 3.67. The van der Waals surface area contributed by atoms with Crippen LogP contribution in [0.1, 0.15) is 28.7 Å². The quantitative estimate of drug-likeness (QED) is 0.772. The molecule has 1 aromatic heterocycles. The molecule has 0 bridgehead atoms. The second kappa shape index (κ2) is 5.40. The van der Waals surface area contributed by atoms with Crippen molar-refractivity contribution < 1.29 is 9.53 Å². The molecule has 2 aromatic rings. The van der Waals surface area contributed by atoms with E-state index in [0.29, 0.717) is 17.9 Å². The van der Waals surface area contributed by atoms with Crippen molar-refractivity contribution >= 4 is 5.78 Å². The summed E-state index contributed by atoms with van der Waals surface area (Å²) in [5.41, 5.74) is 1.72. The van der Waals surface area contributed by atoms with E-state index in [9.17, 15) is 4.79 Å². The van der Waals surface area contributed by atoms with Gasteiger partial charge in [-0.05, 0) is 38.1 Å². The minimum atomic E-state index is -0.134. The molecule has 1 heterocycles. The average Bonchev–Trinajstić information content (AvgIpc) is 2.40. The largest absolute Gasteiger partial charge is 0.494 e. The van der Waals surface area contributed by atoms with Crippen molar-refractivity contribution in [1.29, 1.82) is 0 Å². The zero-order chi connectivity index (χ0) is 13.0. The standard InChI is InChI=1S/C14H14N2O2/c1-3-18-12-6-4-11(5-7-12)14(17)13-9-15-10(2)8-16-13/h4-9H,3H2,1-2H3. The van der Waals surface area contributed by atoms with Gasteiger partial charge < -0.3 is 4.74 Å². The second-order valence-electron chi connectivity index (χ2n) is 3.83. The van der Waals surface area contributed by atoms with E-state index in [-0.39, 0.29) is 5.78 Å². The van der Waals surface area contributed by atoms with Crippen LogP contribution in [0.4, 0.5) is 0 Å². The maximum Gasteiger partial charge on any atom is 0.212 e. The van der Waals surface area contributed by atoms with E-state index < -0.39 is 0 Å². The van der Waals surface area contributed by atoms with E-state index in [4.69, 9.17) is 4.74 Å². The van der Waals surface area contributed by atoms with Crippen LogP contribution in [-0.4, -0.2) is 22.4 Å². The van der Waals surface area contributed by atoms with E-state index >= 15 is 0 Å². The molecule has 0 aliphatic carbocycles. The predicted octanol–water partition coefficient (Wildman–Crippen LogP) is 2.41. The lowest BCUT2D eigenvalue weighted by molar-refractivity contribution is 0.103. The molecule has 0 aliphatic heterocycles. The van der Waals surface area contributed by atoms with Crippen LogP contribution in [0.2, 0.25) is 0 Å². The summed E-state index contributed by atoms with van der Waals surface area (Å²) in [6.45, 7) is 4.36. The summed E-state index contributed by atoms with van der Waals surface area (Å²) in [5.74, 6) is 0.620. The lowest BCUT2D eigenvalue weighted by atomic mass is 10.1. The van der Waals surface area contributed by atoms with Crippen LogP contribution in [0.25, 0.3) is 0 Å². The molecule has 4 nitrogen and oxygen atoms in total. The molecule has 2 rings (SSSR count). The minimum Gasteiger partial charge on any atom is -0.494 e. The maximum absolute atomic E-state index is 12.1. The summed E-state index contributed by atoms with van der Waals surface area (Å²) in [5, 5.41) is 0. The van der Waals surface area contributed by atoms with Gasteiger partial charge in [-0.3, -0.25) is 9.78 Å². The van der Waals surface area contributed by atoms with Crippen molar-refractivity contribution in [3.8, 4) is 5.75 Å². The number of ether oxygens (including phenoxy) is 1. The zero-order valence-electron chi connectivity index (χ0n) is 10.4. The molecule has 0 amide bonds. The minimum absolute atomic E-state index is 0.134. The zero-order valence-corrected chi connectivity index (χ0v) is 10.4. The second-order valence-corrected chi connectivity index (χ2v) is 3.83. The maximum atomic E-state index is 12.1. The molecule has 0 saturated carbocycles. The number of carbonyl (C=O) groups excluding carboxylic acids is 1. The highest BCUT2D eigenvalue weighted by atomic mass is 16.5. The van der Waals surface area contributed by atoms with Crippen molar-refractivity contribution in [1.82, 2.24) is 9.97 Å². The van der Waals surface area contributed by atoms with Crippen molar-refractivity contribution in [2.24, 2.45) is 0 Å². The number of rotatable bonds is 4. The van der Waals surface area contributed by atoms with Gasteiger partial charge in [-0.1, -0.05) is 0 Å². The van der Waals surface area contributed by atoms with Crippen LogP contribution in [0.3, 0.4) is 0 Å². The molecule has 92 valence electrons. The molecule has 0 atom stereocenters. The molecule has 0 N–H and O–H groups in total. The Morgan fingerprint density at radius 3 is 2.44 bits per heavy atom. The molecule has 4 heteroatoms. The van der Waals surface area contributed by atoms with Crippen LogP contribution >= 0.6 is 0 Å². The summed E-state index contributed by atoms with van der Waals surface area (Å²) < 4.78 is 5.32. The molecule has 0 fully saturated rings. The number of ketones is 1. The summed E-state index contributed by atoms with van der Waals surface area (Å²) in [6, 6.07) is 7.01. The van der Waals surface area contributed by atoms with Gasteiger partial charge in [-0.25, -0.2) is 4.98 Å². The molecule has 0 aliphatic rings. The third kappa shape index (κ3) is 2.71. The lowest BCUT2D eigenvalue weighted by Gasteiger charge is -2.04. The summed E-state index contributed by atoms with van der Waals surface area (Å²) >= 11 is 0. The van der Waals surface area contributed by atoms with Gasteiger partial charge in [0.15, 0.2) is 0 Å². The third-order valence-electron chi connectivity index (χ3n) is 2.44. The van der Waals surface area contributed by atoms with Gasteiger partial charge >= 0.3 is 0 Å². The molecule has 18 heavy (non-hydrogen) atoms. The number of aryl methyl sites for hydroxylation is 1. The molecule has 0 saturated heterocycles. The highest BCUT2D eigenvalue weighted by Crippen LogP contribution is 2.14. The highest BCUT2D eigenvalue weighted by Gasteiger charge is 2.10. The fourth-order valence-electron chi connectivity index (χ4n) is 1.53. The average molecular weight is 242 g/mol. The van der Waals surface area contributed by atoms with Crippen molar-refractivity contribution in [3.05, 3.63) is 53.6 Å². The van der Waals surface area contributed by atoms with Crippen LogP contribution < -0.4 is 4.74 Å². The normalized spacial score (nSPS) is 10.1. The first-order valence-electron chi connectivity index (χ1n) is 5.77. The Balaban J connectivity index is 2.20. The van der Waals surface area contributed by atoms with Crippen LogP contribution in [0.15, 0.2) is 36.7 Å². The smallest absolute Gasteiger partial charge is 0.212 e. The monoisotopic (exact) mass is 242 g/mol. The Morgan fingerprint density at radius 2 is 1.89 bits per heavy atom. The first-order chi connectivity index (χ1) is 8.70. The number of nitrogens with zero attached hydrogens (tertiary/aromatic N) is 2. The van der Waals surface area contributed by atoms with Crippen LogP contribution in [0.5, 0.6) is 5.75 Å². The molecule has 0 radical (unpaired) electrons. The van der Waals surface area contributed by atoms with E-state index in [1.54, 1.807) is 30.5 Å². The number of hydrogen-bond donors (Lipinski definition) is 0. The lowest BCUT2D eigenvalue weighted by Crippen LogP contribution is -2.05. The predicted molar refractivity (Wildman–Crippen MR) is 67.8 cm³/mol. The van der Waals surface area contributed by atoms with Gasteiger partial charge in [0, 0.05) is 11.8 Å². The van der Waals surface area contributed by atoms with Gasteiger partial charge in [0.2, 0.25) is 5.78 Å². The SMILES string of the molecule is CCOc1ccc(C(=O)c2cnc(C)cn2)cc1. The summed E-state index contributed by atoms with van der Waals surface area (Å²) in [4.78, 5) is 20.2. The fraction of sp³-hybridized carbons (Fsp3) is 0.214. The van der Waals surface area contributed by atoms with E-state index in [1.807, 2.05) is 13.8 Å². The van der Waals surface area contributed by atoms with Gasteiger partial charge in [-0.15, -0.1) is 0 Å². The van der Waals surface area contributed by atoms with Crippen molar-refractivity contribution in [2.45, 2.75) is 13.8 Å². The fourth-order valence-corrected chi connectivity index (χ4v) is 1.53. The number of aromatic nitrogens is 2.